The average Bonchev–Trinajstić information content (AvgIpc) is 2.70. The molecule has 0 spiro atoms. The first kappa shape index (κ1) is 15.0. The standard InChI is InChI=1S/C10H16NO4.K/c12-7-10-2-1-3-11(10)5-8(4-10)15-6-9(13)14;/h8H,1-7H2,(H,13,14);/q-1;+1. The van der Waals surface area contributed by atoms with E-state index in [0.29, 0.717) is 6.42 Å². The van der Waals surface area contributed by atoms with Crippen molar-refractivity contribution in [3.05, 3.63) is 0 Å². The summed E-state index contributed by atoms with van der Waals surface area (Å²) in [6.45, 7) is 1.32. The molecule has 2 aliphatic rings. The maximum absolute atomic E-state index is 11.2. The van der Waals surface area contributed by atoms with Gasteiger partial charge in [-0.15, -0.1) is 6.61 Å². The topological polar surface area (TPSA) is 72.8 Å². The van der Waals surface area contributed by atoms with Crippen LogP contribution in [-0.4, -0.2) is 53.9 Å². The van der Waals surface area contributed by atoms with E-state index < -0.39 is 5.97 Å². The van der Waals surface area contributed by atoms with E-state index in [-0.39, 0.29) is 76.2 Å². The number of ether oxygens (including phenoxy) is 1. The molecular weight excluding hydrogens is 237 g/mol. The normalized spacial score (nSPS) is 33.4. The summed E-state index contributed by atoms with van der Waals surface area (Å²) < 4.78 is 5.25. The number of hydrogen-bond donors (Lipinski definition) is 1. The van der Waals surface area contributed by atoms with Crippen LogP contribution >= 0.6 is 0 Å². The minimum atomic E-state index is -0.946. The van der Waals surface area contributed by atoms with Gasteiger partial charge in [-0.25, -0.2) is 4.79 Å². The predicted molar refractivity (Wildman–Crippen MR) is 50.4 cm³/mol. The van der Waals surface area contributed by atoms with Crippen LogP contribution in [0.25, 0.3) is 0 Å². The van der Waals surface area contributed by atoms with Crippen LogP contribution in [0.15, 0.2) is 0 Å². The molecule has 0 aromatic carbocycles. The maximum atomic E-state index is 11.2. The monoisotopic (exact) mass is 253 g/mol. The van der Waals surface area contributed by atoms with Crippen molar-refractivity contribution in [2.75, 3.05) is 26.3 Å². The minimum absolute atomic E-state index is 0. The van der Waals surface area contributed by atoms with Gasteiger partial charge in [0.1, 0.15) is 6.61 Å². The van der Waals surface area contributed by atoms with E-state index in [0.717, 1.165) is 25.9 Å². The number of fused-ring (bicyclic) bond motifs is 1. The van der Waals surface area contributed by atoms with Gasteiger partial charge in [-0.2, -0.15) is 0 Å². The van der Waals surface area contributed by atoms with Crippen LogP contribution in [-0.2, 0) is 9.53 Å². The molecule has 16 heavy (non-hydrogen) atoms. The smallest absolute Gasteiger partial charge is 0.853 e. The summed E-state index contributed by atoms with van der Waals surface area (Å²) in [7, 11) is 0. The molecule has 2 heterocycles. The van der Waals surface area contributed by atoms with E-state index in [9.17, 15) is 9.90 Å². The zero-order valence-electron chi connectivity index (χ0n) is 9.65. The summed E-state index contributed by atoms with van der Waals surface area (Å²) >= 11 is 0. The molecule has 0 saturated carbocycles. The third kappa shape index (κ3) is 3.05. The number of carboxylic acid groups (broad SMARTS) is 1. The van der Waals surface area contributed by atoms with Gasteiger partial charge in [-0.3, -0.25) is 4.90 Å². The fraction of sp³-hybridized carbons (Fsp3) is 0.900. The van der Waals surface area contributed by atoms with Crippen molar-refractivity contribution in [1.29, 1.82) is 0 Å². The van der Waals surface area contributed by atoms with E-state index in [2.05, 4.69) is 4.90 Å². The van der Waals surface area contributed by atoms with Crippen molar-refractivity contribution in [3.63, 3.8) is 0 Å². The van der Waals surface area contributed by atoms with Gasteiger partial charge in [0.15, 0.2) is 0 Å². The van der Waals surface area contributed by atoms with Crippen molar-refractivity contribution in [2.45, 2.75) is 30.9 Å². The molecule has 1 N–H and O–H groups in total. The molecule has 6 heteroatoms. The second-order valence-electron chi connectivity index (χ2n) is 4.45. The second kappa shape index (κ2) is 6.24. The number of carbonyl (C=O) groups is 1. The van der Waals surface area contributed by atoms with Crippen molar-refractivity contribution in [2.24, 2.45) is 0 Å². The number of aliphatic carboxylic acids is 1. The Morgan fingerprint density at radius 2 is 2.38 bits per heavy atom. The fourth-order valence-corrected chi connectivity index (χ4v) is 2.77. The Hall–Kier alpha value is 0.986. The Kier molecular flexibility index (Phi) is 5.87. The largest absolute Gasteiger partial charge is 1.00 e. The van der Waals surface area contributed by atoms with Gasteiger partial charge < -0.3 is 14.9 Å². The zero-order chi connectivity index (χ0) is 10.9. The number of rotatable bonds is 4. The summed E-state index contributed by atoms with van der Waals surface area (Å²) in [6.07, 6.45) is 2.64. The van der Waals surface area contributed by atoms with Crippen LogP contribution < -0.4 is 56.5 Å². The Balaban J connectivity index is 0.00000128. The molecule has 5 nitrogen and oxygen atoms in total. The molecule has 0 aliphatic carbocycles. The van der Waals surface area contributed by atoms with Crippen LogP contribution in [0.3, 0.4) is 0 Å². The number of carboxylic acids is 1. The van der Waals surface area contributed by atoms with Crippen LogP contribution in [0.1, 0.15) is 19.3 Å². The SMILES string of the molecule is O=C(O)COC1CN2CCCC2(C[O-])C1.[K+]. The van der Waals surface area contributed by atoms with Gasteiger partial charge in [-0.05, 0) is 25.8 Å². The first-order valence-corrected chi connectivity index (χ1v) is 5.33. The third-order valence-electron chi connectivity index (χ3n) is 3.48. The van der Waals surface area contributed by atoms with E-state index in [1.165, 1.54) is 0 Å². The average molecular weight is 253 g/mol. The predicted octanol–water partition coefficient (Wildman–Crippen LogP) is -3.94. The number of nitrogens with zero attached hydrogens (tertiary/aromatic N) is 1. The Morgan fingerprint density at radius 1 is 1.62 bits per heavy atom. The molecule has 2 atom stereocenters. The van der Waals surface area contributed by atoms with Gasteiger partial charge in [-0.1, -0.05) is 0 Å². The van der Waals surface area contributed by atoms with Crippen molar-refractivity contribution >= 4 is 5.97 Å². The van der Waals surface area contributed by atoms with Crippen molar-refractivity contribution < 1.29 is 71.1 Å². The molecular formula is C10H16KNO4. The Morgan fingerprint density at radius 3 is 2.94 bits per heavy atom. The molecule has 0 aromatic rings. The van der Waals surface area contributed by atoms with Crippen molar-refractivity contribution in [1.82, 2.24) is 4.90 Å². The van der Waals surface area contributed by atoms with Crippen LogP contribution in [0.2, 0.25) is 0 Å². The molecule has 0 amide bonds. The van der Waals surface area contributed by atoms with Crippen molar-refractivity contribution in [3.8, 4) is 0 Å². The molecule has 2 unspecified atom stereocenters. The van der Waals surface area contributed by atoms with Gasteiger partial charge in [0.2, 0.25) is 0 Å². The molecule has 0 aromatic heterocycles. The Bertz CT molecular complexity index is 263. The van der Waals surface area contributed by atoms with Crippen LogP contribution in [0, 0.1) is 0 Å². The summed E-state index contributed by atoms with van der Waals surface area (Å²) in [4.78, 5) is 12.5. The molecule has 0 radical (unpaired) electrons. The van der Waals surface area contributed by atoms with Crippen LogP contribution in [0.4, 0.5) is 0 Å². The fourth-order valence-electron chi connectivity index (χ4n) is 2.77. The number of hydrogen-bond acceptors (Lipinski definition) is 4. The second-order valence-corrected chi connectivity index (χ2v) is 4.45. The Labute approximate surface area is 138 Å². The first-order chi connectivity index (χ1) is 7.16. The first-order valence-electron chi connectivity index (χ1n) is 5.33. The van der Waals surface area contributed by atoms with E-state index >= 15 is 0 Å². The van der Waals surface area contributed by atoms with Gasteiger partial charge in [0.05, 0.1) is 6.10 Å². The summed E-state index contributed by atoms with van der Waals surface area (Å²) in [5.41, 5.74) is -0.233. The van der Waals surface area contributed by atoms with E-state index in [4.69, 9.17) is 9.84 Å². The third-order valence-corrected chi connectivity index (χ3v) is 3.48. The summed E-state index contributed by atoms with van der Waals surface area (Å²) in [6, 6.07) is 0. The molecule has 2 fully saturated rings. The molecule has 2 rings (SSSR count). The zero-order valence-corrected chi connectivity index (χ0v) is 12.8. The summed E-state index contributed by atoms with van der Waals surface area (Å²) in [5, 5.41) is 19.7. The van der Waals surface area contributed by atoms with Gasteiger partial charge in [0.25, 0.3) is 0 Å². The molecule has 0 bridgehead atoms. The maximum Gasteiger partial charge on any atom is 1.00 e. The van der Waals surface area contributed by atoms with E-state index in [1.807, 2.05) is 0 Å². The van der Waals surface area contributed by atoms with Gasteiger partial charge >= 0.3 is 57.4 Å². The summed E-state index contributed by atoms with van der Waals surface area (Å²) in [5.74, 6) is -0.946. The molecule has 2 saturated heterocycles. The molecule has 2 aliphatic heterocycles. The van der Waals surface area contributed by atoms with E-state index in [1.54, 1.807) is 0 Å². The molecule has 86 valence electrons. The minimum Gasteiger partial charge on any atom is -0.853 e. The van der Waals surface area contributed by atoms with Crippen LogP contribution in [0.5, 0.6) is 0 Å². The van der Waals surface area contributed by atoms with Gasteiger partial charge in [0, 0.05) is 12.1 Å². The quantitative estimate of drug-likeness (QED) is 0.518.